The van der Waals surface area contributed by atoms with Crippen molar-refractivity contribution >= 4 is 27.6 Å². The van der Waals surface area contributed by atoms with Crippen LogP contribution >= 0.6 is 15.9 Å². The smallest absolute Gasteiger partial charge is 0.405 e. The number of hydrogen-bond acceptors (Lipinski definition) is 2. The zero-order valence-electron chi connectivity index (χ0n) is 10.2. The van der Waals surface area contributed by atoms with Gasteiger partial charge in [0.2, 0.25) is 0 Å². The molecule has 0 spiro atoms. The summed E-state index contributed by atoms with van der Waals surface area (Å²) < 4.78 is 38.2. The predicted octanol–water partition coefficient (Wildman–Crippen LogP) is 3.93. The van der Waals surface area contributed by atoms with Crippen LogP contribution in [0.25, 0.3) is 0 Å². The molecule has 0 atom stereocenters. The summed E-state index contributed by atoms with van der Waals surface area (Å²) in [6.07, 6.45) is -3.89. The highest BCUT2D eigenvalue weighted by Gasteiger charge is 2.32. The molecular weight excluding hydrogens is 327 g/mol. The van der Waals surface area contributed by atoms with Gasteiger partial charge in [0.25, 0.3) is 0 Å². The molecule has 1 rings (SSSR count). The van der Waals surface area contributed by atoms with Crippen molar-refractivity contribution in [1.29, 1.82) is 0 Å². The zero-order chi connectivity index (χ0) is 14.6. The number of carbonyl (C=O) groups is 1. The fourth-order valence-corrected chi connectivity index (χ4v) is 2.07. The third-order valence-electron chi connectivity index (χ3n) is 2.39. The zero-order valence-corrected chi connectivity index (χ0v) is 11.8. The molecule has 0 unspecified atom stereocenters. The Hall–Kier alpha value is -1.24. The largest absolute Gasteiger partial charge is 0.478 e. The van der Waals surface area contributed by atoms with Crippen LogP contribution in [0.2, 0.25) is 0 Å². The van der Waals surface area contributed by atoms with Gasteiger partial charge in [-0.25, -0.2) is 4.79 Å². The van der Waals surface area contributed by atoms with Gasteiger partial charge in [-0.3, -0.25) is 0 Å². The third-order valence-corrected chi connectivity index (χ3v) is 2.89. The Morgan fingerprint density at radius 1 is 1.42 bits per heavy atom. The number of alkyl halides is 3. The summed E-state index contributed by atoms with van der Waals surface area (Å²) >= 11 is 3.14. The number of benzene rings is 1. The van der Waals surface area contributed by atoms with Gasteiger partial charge >= 0.3 is 12.1 Å². The van der Waals surface area contributed by atoms with E-state index in [0.717, 1.165) is 4.90 Å². The van der Waals surface area contributed by atoms with Crippen molar-refractivity contribution in [2.24, 2.45) is 0 Å². The van der Waals surface area contributed by atoms with E-state index in [9.17, 15) is 18.0 Å². The maximum absolute atomic E-state index is 12.5. The molecule has 0 aromatic heterocycles. The Labute approximate surface area is 117 Å². The molecule has 0 aliphatic heterocycles. The number of hydrogen-bond donors (Lipinski definition) is 1. The minimum Gasteiger partial charge on any atom is -0.478 e. The molecule has 1 N–H and O–H groups in total. The third kappa shape index (κ3) is 4.74. The molecule has 0 bridgehead atoms. The monoisotopic (exact) mass is 339 g/mol. The minimum absolute atomic E-state index is 0.0704. The van der Waals surface area contributed by atoms with E-state index in [0.29, 0.717) is 10.9 Å². The average molecular weight is 340 g/mol. The fraction of sp³-hybridized carbons (Fsp3) is 0.417. The van der Waals surface area contributed by atoms with Crippen molar-refractivity contribution in [1.82, 2.24) is 0 Å². The maximum atomic E-state index is 12.5. The molecule has 1 aromatic rings. The summed E-state index contributed by atoms with van der Waals surface area (Å²) in [6, 6.07) is 4.18. The Balaban J connectivity index is 3.20. The molecular formula is C12H13BrF3NO2. The van der Waals surface area contributed by atoms with Crippen LogP contribution in [0, 0.1) is 0 Å². The lowest BCUT2D eigenvalue weighted by Gasteiger charge is -2.27. The van der Waals surface area contributed by atoms with Gasteiger partial charge in [-0.1, -0.05) is 22.9 Å². The lowest BCUT2D eigenvalue weighted by Crippen LogP contribution is -2.35. The highest BCUT2D eigenvalue weighted by Crippen LogP contribution is 2.28. The summed E-state index contributed by atoms with van der Waals surface area (Å²) in [7, 11) is 0. The molecule has 19 heavy (non-hydrogen) atoms. The van der Waals surface area contributed by atoms with Crippen molar-refractivity contribution in [3.63, 3.8) is 0 Å². The van der Waals surface area contributed by atoms with Crippen LogP contribution in [0.15, 0.2) is 22.7 Å². The van der Waals surface area contributed by atoms with Gasteiger partial charge in [-0.2, -0.15) is 13.2 Å². The number of carboxylic acid groups (broad SMARTS) is 1. The summed E-state index contributed by atoms with van der Waals surface area (Å²) in [4.78, 5) is 12.1. The number of nitrogens with zero attached hydrogens (tertiary/aromatic N) is 1. The quantitative estimate of drug-likeness (QED) is 0.883. The van der Waals surface area contributed by atoms with E-state index in [1.54, 1.807) is 6.92 Å². The molecule has 0 fully saturated rings. The Morgan fingerprint density at radius 3 is 2.53 bits per heavy atom. The second kappa shape index (κ2) is 6.27. The topological polar surface area (TPSA) is 40.5 Å². The molecule has 0 aliphatic carbocycles. The van der Waals surface area contributed by atoms with Gasteiger partial charge in [0.15, 0.2) is 0 Å². The standard InChI is InChI=1S/C12H13BrF3NO2/c1-2-5-17(7-12(14,15)16)10-6-8(13)3-4-9(10)11(18)19/h3-4,6H,2,5,7H2,1H3,(H,18,19). The molecule has 0 saturated heterocycles. The molecule has 0 radical (unpaired) electrons. The highest BCUT2D eigenvalue weighted by molar-refractivity contribution is 9.10. The van der Waals surface area contributed by atoms with Crippen molar-refractivity contribution in [2.45, 2.75) is 19.5 Å². The first-order valence-corrected chi connectivity index (χ1v) is 6.38. The number of anilines is 1. The van der Waals surface area contributed by atoms with Gasteiger partial charge in [0.05, 0.1) is 11.3 Å². The van der Waals surface area contributed by atoms with E-state index in [1.807, 2.05) is 0 Å². The van der Waals surface area contributed by atoms with Gasteiger partial charge in [0, 0.05) is 11.0 Å². The molecule has 106 valence electrons. The lowest BCUT2D eigenvalue weighted by molar-refractivity contribution is -0.119. The predicted molar refractivity (Wildman–Crippen MR) is 69.7 cm³/mol. The summed E-state index contributed by atoms with van der Waals surface area (Å²) in [5, 5.41) is 9.05. The van der Waals surface area contributed by atoms with Crippen molar-refractivity contribution in [2.75, 3.05) is 18.0 Å². The summed E-state index contributed by atoms with van der Waals surface area (Å²) in [6.45, 7) is 0.704. The first-order valence-electron chi connectivity index (χ1n) is 5.59. The molecule has 0 heterocycles. The van der Waals surface area contributed by atoms with Gasteiger partial charge in [-0.05, 0) is 24.6 Å². The van der Waals surface area contributed by atoms with E-state index in [1.165, 1.54) is 18.2 Å². The average Bonchev–Trinajstić information content (AvgIpc) is 2.26. The molecule has 3 nitrogen and oxygen atoms in total. The highest BCUT2D eigenvalue weighted by atomic mass is 79.9. The fourth-order valence-electron chi connectivity index (χ4n) is 1.72. The van der Waals surface area contributed by atoms with Crippen molar-refractivity contribution in [3.05, 3.63) is 28.2 Å². The van der Waals surface area contributed by atoms with E-state index >= 15 is 0 Å². The van der Waals surface area contributed by atoms with Crippen LogP contribution in [0.3, 0.4) is 0 Å². The lowest BCUT2D eigenvalue weighted by atomic mass is 10.1. The van der Waals surface area contributed by atoms with E-state index in [2.05, 4.69) is 15.9 Å². The molecule has 0 saturated carbocycles. The summed E-state index contributed by atoms with van der Waals surface area (Å²) in [5.41, 5.74) is -0.0676. The first-order chi connectivity index (χ1) is 8.74. The van der Waals surface area contributed by atoms with Gasteiger partial charge in [-0.15, -0.1) is 0 Å². The van der Waals surface area contributed by atoms with E-state index in [-0.39, 0.29) is 17.8 Å². The Kier molecular flexibility index (Phi) is 5.22. The van der Waals surface area contributed by atoms with E-state index in [4.69, 9.17) is 5.11 Å². The van der Waals surface area contributed by atoms with Gasteiger partial charge in [0.1, 0.15) is 6.54 Å². The Bertz CT molecular complexity index is 463. The molecule has 0 aliphatic rings. The van der Waals surface area contributed by atoms with Crippen LogP contribution in [0.5, 0.6) is 0 Å². The first kappa shape index (κ1) is 15.8. The summed E-state index contributed by atoms with van der Waals surface area (Å²) in [5.74, 6) is -1.24. The SMILES string of the molecule is CCCN(CC(F)(F)F)c1cc(Br)ccc1C(=O)O. The van der Waals surface area contributed by atoms with Crippen LogP contribution in [0.4, 0.5) is 18.9 Å². The van der Waals surface area contributed by atoms with E-state index < -0.39 is 18.7 Å². The Morgan fingerprint density at radius 2 is 2.05 bits per heavy atom. The van der Waals surface area contributed by atoms with Crippen LogP contribution in [0.1, 0.15) is 23.7 Å². The number of halogens is 4. The van der Waals surface area contributed by atoms with Crippen molar-refractivity contribution < 1.29 is 23.1 Å². The number of rotatable bonds is 5. The van der Waals surface area contributed by atoms with Crippen LogP contribution in [-0.4, -0.2) is 30.3 Å². The maximum Gasteiger partial charge on any atom is 0.405 e. The number of aromatic carboxylic acids is 1. The second-order valence-electron chi connectivity index (χ2n) is 4.00. The molecule has 7 heteroatoms. The van der Waals surface area contributed by atoms with Crippen LogP contribution in [-0.2, 0) is 0 Å². The van der Waals surface area contributed by atoms with Gasteiger partial charge < -0.3 is 10.0 Å². The van der Waals surface area contributed by atoms with Crippen molar-refractivity contribution in [3.8, 4) is 0 Å². The second-order valence-corrected chi connectivity index (χ2v) is 4.92. The van der Waals surface area contributed by atoms with Crippen LogP contribution < -0.4 is 4.90 Å². The minimum atomic E-state index is -4.38. The normalized spacial score (nSPS) is 11.4. The molecule has 0 amide bonds. The molecule has 1 aromatic carbocycles. The number of carboxylic acids is 1.